The lowest BCUT2D eigenvalue weighted by Crippen LogP contribution is -2.32. The summed E-state index contributed by atoms with van der Waals surface area (Å²) in [7, 11) is -3.30. The number of anilines is 2. The molecule has 10 nitrogen and oxygen atoms in total. The Labute approximate surface area is 204 Å². The largest absolute Gasteiger partial charge is 0.381 e. The van der Waals surface area contributed by atoms with E-state index in [1.54, 1.807) is 18.5 Å². The Morgan fingerprint density at radius 2 is 1.94 bits per heavy atom. The monoisotopic (exact) mass is 508 g/mol. The lowest BCUT2D eigenvalue weighted by Gasteiger charge is -2.22. The Morgan fingerprint density at radius 3 is 2.71 bits per heavy atom. The predicted molar refractivity (Wildman–Crippen MR) is 130 cm³/mol. The van der Waals surface area contributed by atoms with E-state index in [0.717, 1.165) is 38.9 Å². The summed E-state index contributed by atoms with van der Waals surface area (Å²) >= 11 is 6.38. The highest BCUT2D eigenvalue weighted by Gasteiger charge is 2.31. The maximum atomic E-state index is 12.7. The molecule has 12 heteroatoms. The second-order valence-corrected chi connectivity index (χ2v) is 11.0. The van der Waals surface area contributed by atoms with Gasteiger partial charge in [0.2, 0.25) is 15.9 Å². The van der Waals surface area contributed by atoms with E-state index in [9.17, 15) is 13.2 Å². The van der Waals surface area contributed by atoms with E-state index in [4.69, 9.17) is 16.3 Å². The van der Waals surface area contributed by atoms with Crippen LogP contribution >= 0.6 is 11.6 Å². The van der Waals surface area contributed by atoms with E-state index in [2.05, 4.69) is 30.3 Å². The van der Waals surface area contributed by atoms with Gasteiger partial charge in [-0.2, -0.15) is 0 Å². The number of sulfonamides is 1. The third kappa shape index (κ3) is 6.84. The summed E-state index contributed by atoms with van der Waals surface area (Å²) in [6.07, 6.45) is 9.59. The standard InChI is InChI=1S/C22H29ClN6O4S/c1-34(31,32)29-16-3-2-15(8-16)22(30)28-20-9-17(18(23)11-26-20)19-12-24-13-21(27-19)25-10-14-4-6-33-7-5-14/h9,11-16,29H,2-8,10H2,1H3,(H,25,27)(H,26,28,30)/t15-,16-/m1/s1. The Balaban J connectivity index is 1.40. The summed E-state index contributed by atoms with van der Waals surface area (Å²) in [6, 6.07) is 1.44. The molecule has 1 aliphatic heterocycles. The van der Waals surface area contributed by atoms with Crippen LogP contribution in [-0.2, 0) is 19.6 Å². The molecular formula is C22H29ClN6O4S. The molecule has 0 spiro atoms. The zero-order valence-corrected chi connectivity index (χ0v) is 20.5. The van der Waals surface area contributed by atoms with Gasteiger partial charge in [0.1, 0.15) is 11.6 Å². The zero-order valence-electron chi connectivity index (χ0n) is 19.0. The molecule has 2 aromatic rings. The number of aromatic nitrogens is 3. The molecule has 184 valence electrons. The third-order valence-corrected chi connectivity index (χ3v) is 7.18. The molecule has 1 saturated carbocycles. The molecule has 34 heavy (non-hydrogen) atoms. The molecule has 1 amide bonds. The summed E-state index contributed by atoms with van der Waals surface area (Å²) < 4.78 is 30.9. The van der Waals surface area contributed by atoms with Crippen molar-refractivity contribution < 1.29 is 17.9 Å². The van der Waals surface area contributed by atoms with Crippen LogP contribution in [0.2, 0.25) is 5.02 Å². The number of hydrogen-bond donors (Lipinski definition) is 3. The van der Waals surface area contributed by atoms with Gasteiger partial charge in [-0.15, -0.1) is 0 Å². The fourth-order valence-corrected chi connectivity index (χ4v) is 5.36. The lowest BCUT2D eigenvalue weighted by molar-refractivity contribution is -0.119. The fraction of sp³-hybridized carbons (Fsp3) is 0.545. The minimum atomic E-state index is -3.30. The zero-order chi connectivity index (χ0) is 24.1. The molecule has 0 radical (unpaired) electrons. The quantitative estimate of drug-likeness (QED) is 0.495. The van der Waals surface area contributed by atoms with Gasteiger partial charge in [-0.05, 0) is 44.1 Å². The summed E-state index contributed by atoms with van der Waals surface area (Å²) in [4.78, 5) is 25.9. The summed E-state index contributed by atoms with van der Waals surface area (Å²) in [5.74, 6) is 1.05. The lowest BCUT2D eigenvalue weighted by atomic mass is 10.0. The van der Waals surface area contributed by atoms with E-state index in [1.165, 1.54) is 6.20 Å². The first-order valence-electron chi connectivity index (χ1n) is 11.3. The SMILES string of the molecule is CS(=O)(=O)N[C@@H]1CC[C@@H](C(=O)Nc2cc(-c3cncc(NCC4CCOCC4)n3)c(Cl)cn2)C1. The molecule has 0 aromatic carbocycles. The molecule has 3 heterocycles. The Hall–Kier alpha value is -2.34. The van der Waals surface area contributed by atoms with Crippen molar-refractivity contribution in [2.24, 2.45) is 11.8 Å². The van der Waals surface area contributed by atoms with Crippen molar-refractivity contribution >= 4 is 39.2 Å². The van der Waals surface area contributed by atoms with Crippen molar-refractivity contribution in [2.75, 3.05) is 36.6 Å². The van der Waals surface area contributed by atoms with E-state index in [-0.39, 0.29) is 17.9 Å². The molecule has 3 N–H and O–H groups in total. The highest BCUT2D eigenvalue weighted by Crippen LogP contribution is 2.30. The van der Waals surface area contributed by atoms with E-state index in [1.807, 2.05) is 0 Å². The molecule has 2 fully saturated rings. The predicted octanol–water partition coefficient (Wildman–Crippen LogP) is 2.69. The van der Waals surface area contributed by atoms with Crippen LogP contribution in [0.4, 0.5) is 11.6 Å². The number of rotatable bonds is 8. The van der Waals surface area contributed by atoms with Crippen LogP contribution in [0.15, 0.2) is 24.7 Å². The number of amides is 1. The summed E-state index contributed by atoms with van der Waals surface area (Å²) in [5.41, 5.74) is 1.18. The van der Waals surface area contributed by atoms with E-state index >= 15 is 0 Å². The summed E-state index contributed by atoms with van der Waals surface area (Å²) in [5, 5.41) is 6.56. The minimum Gasteiger partial charge on any atom is -0.381 e. The first-order valence-corrected chi connectivity index (χ1v) is 13.6. The van der Waals surface area contributed by atoms with Crippen LogP contribution in [0.5, 0.6) is 0 Å². The van der Waals surface area contributed by atoms with Crippen LogP contribution < -0.4 is 15.4 Å². The molecule has 1 saturated heterocycles. The van der Waals surface area contributed by atoms with Gasteiger partial charge < -0.3 is 15.4 Å². The van der Waals surface area contributed by atoms with Crippen LogP contribution in [0.3, 0.4) is 0 Å². The van der Waals surface area contributed by atoms with Crippen molar-refractivity contribution in [3.63, 3.8) is 0 Å². The van der Waals surface area contributed by atoms with Gasteiger partial charge in [-0.25, -0.2) is 23.1 Å². The number of pyridine rings is 1. The molecule has 2 aliphatic rings. The molecule has 0 unspecified atom stereocenters. The van der Waals surface area contributed by atoms with Gasteiger partial charge >= 0.3 is 0 Å². The highest BCUT2D eigenvalue weighted by molar-refractivity contribution is 7.88. The maximum Gasteiger partial charge on any atom is 0.228 e. The van der Waals surface area contributed by atoms with Gasteiger partial charge in [-0.3, -0.25) is 9.78 Å². The minimum absolute atomic E-state index is 0.198. The first kappa shape index (κ1) is 24.8. The van der Waals surface area contributed by atoms with Crippen LogP contribution in [-0.4, -0.2) is 61.3 Å². The molecule has 2 atom stereocenters. The molecule has 1 aliphatic carbocycles. The number of halogens is 1. The second kappa shape index (κ2) is 10.9. The normalized spacial score (nSPS) is 21.4. The van der Waals surface area contributed by atoms with Gasteiger partial charge in [0.05, 0.1) is 29.4 Å². The highest BCUT2D eigenvalue weighted by atomic mass is 35.5. The van der Waals surface area contributed by atoms with Crippen LogP contribution in [0.25, 0.3) is 11.3 Å². The van der Waals surface area contributed by atoms with Crippen molar-refractivity contribution in [3.05, 3.63) is 29.7 Å². The molecule has 0 bridgehead atoms. The Kier molecular flexibility index (Phi) is 7.97. The van der Waals surface area contributed by atoms with Crippen molar-refractivity contribution in [1.29, 1.82) is 0 Å². The number of carbonyl (C=O) groups excluding carboxylic acids is 1. The third-order valence-electron chi connectivity index (χ3n) is 6.11. The number of nitrogens with zero attached hydrogens (tertiary/aromatic N) is 3. The smallest absolute Gasteiger partial charge is 0.228 e. The maximum absolute atomic E-state index is 12.7. The molecular weight excluding hydrogens is 480 g/mol. The van der Waals surface area contributed by atoms with Gasteiger partial charge in [-0.1, -0.05) is 11.6 Å². The average Bonchev–Trinajstić information content (AvgIpc) is 3.27. The number of carbonyl (C=O) groups is 1. The van der Waals surface area contributed by atoms with E-state index in [0.29, 0.717) is 53.1 Å². The van der Waals surface area contributed by atoms with E-state index < -0.39 is 10.0 Å². The van der Waals surface area contributed by atoms with Crippen molar-refractivity contribution in [1.82, 2.24) is 19.7 Å². The number of hydrogen-bond acceptors (Lipinski definition) is 8. The summed E-state index contributed by atoms with van der Waals surface area (Å²) in [6.45, 7) is 2.37. The van der Waals surface area contributed by atoms with Crippen molar-refractivity contribution in [2.45, 2.75) is 38.1 Å². The van der Waals surface area contributed by atoms with Crippen molar-refractivity contribution in [3.8, 4) is 11.3 Å². The number of nitrogens with one attached hydrogen (secondary N) is 3. The molecule has 2 aromatic heterocycles. The van der Waals surface area contributed by atoms with Gasteiger partial charge in [0, 0.05) is 43.5 Å². The first-order chi connectivity index (χ1) is 16.3. The number of ether oxygens (including phenoxy) is 1. The second-order valence-electron chi connectivity index (χ2n) is 8.86. The fourth-order valence-electron chi connectivity index (χ4n) is 4.34. The van der Waals surface area contributed by atoms with Crippen LogP contribution in [0, 0.1) is 11.8 Å². The van der Waals surface area contributed by atoms with Gasteiger partial charge in [0.15, 0.2) is 0 Å². The topological polar surface area (TPSA) is 135 Å². The van der Waals surface area contributed by atoms with Gasteiger partial charge in [0.25, 0.3) is 0 Å². The average molecular weight is 509 g/mol. The molecule has 4 rings (SSSR count). The Bertz CT molecular complexity index is 1130. The van der Waals surface area contributed by atoms with Crippen LogP contribution in [0.1, 0.15) is 32.1 Å². The Morgan fingerprint density at radius 1 is 1.15 bits per heavy atom.